The number of thiophene rings is 1. The van der Waals surface area contributed by atoms with E-state index in [9.17, 15) is 9.59 Å². The number of carboxylic acids is 1. The molecular formula is C15H15NO4S. The van der Waals surface area contributed by atoms with Crippen LogP contribution in [0.25, 0.3) is 10.1 Å². The molecule has 0 aliphatic carbocycles. The van der Waals surface area contributed by atoms with Crippen molar-refractivity contribution in [3.8, 4) is 0 Å². The number of ether oxygens (including phenoxy) is 1. The van der Waals surface area contributed by atoms with Gasteiger partial charge in [-0.1, -0.05) is 12.1 Å². The number of rotatable bonds is 2. The lowest BCUT2D eigenvalue weighted by atomic mass is 10.1. The topological polar surface area (TPSA) is 66.8 Å². The molecule has 3 rings (SSSR count). The van der Waals surface area contributed by atoms with E-state index in [0.717, 1.165) is 15.6 Å². The van der Waals surface area contributed by atoms with Crippen LogP contribution in [0, 0.1) is 6.92 Å². The molecule has 1 fully saturated rings. The Morgan fingerprint density at radius 1 is 1.43 bits per heavy atom. The van der Waals surface area contributed by atoms with Crippen molar-refractivity contribution < 1.29 is 19.4 Å². The number of hydrogen-bond donors (Lipinski definition) is 1. The Morgan fingerprint density at radius 3 is 3.00 bits per heavy atom. The van der Waals surface area contributed by atoms with E-state index in [1.54, 1.807) is 4.90 Å². The molecule has 1 aliphatic heterocycles. The first-order valence-corrected chi connectivity index (χ1v) is 7.56. The first-order chi connectivity index (χ1) is 10.1. The first-order valence-electron chi connectivity index (χ1n) is 6.68. The van der Waals surface area contributed by atoms with Gasteiger partial charge in [0.1, 0.15) is 0 Å². The van der Waals surface area contributed by atoms with E-state index < -0.39 is 12.1 Å². The Labute approximate surface area is 125 Å². The van der Waals surface area contributed by atoms with Crippen molar-refractivity contribution in [3.63, 3.8) is 0 Å². The average molecular weight is 305 g/mol. The molecule has 0 saturated carbocycles. The van der Waals surface area contributed by atoms with E-state index in [1.807, 2.05) is 24.4 Å². The fraction of sp³-hybridized carbons (Fsp3) is 0.333. The summed E-state index contributed by atoms with van der Waals surface area (Å²) in [5.41, 5.74) is 1.79. The highest BCUT2D eigenvalue weighted by atomic mass is 32.1. The summed E-state index contributed by atoms with van der Waals surface area (Å²) >= 11 is 1.53. The van der Waals surface area contributed by atoms with E-state index in [0.29, 0.717) is 12.1 Å². The highest BCUT2D eigenvalue weighted by molar-refractivity contribution is 7.17. The van der Waals surface area contributed by atoms with Crippen molar-refractivity contribution in [2.75, 3.05) is 19.7 Å². The molecule has 1 aromatic heterocycles. The van der Waals surface area contributed by atoms with Crippen molar-refractivity contribution in [2.45, 2.75) is 13.0 Å². The molecule has 1 saturated heterocycles. The van der Waals surface area contributed by atoms with Crippen molar-refractivity contribution in [2.24, 2.45) is 0 Å². The molecule has 1 unspecified atom stereocenters. The fourth-order valence-corrected chi connectivity index (χ4v) is 3.49. The van der Waals surface area contributed by atoms with Gasteiger partial charge >= 0.3 is 5.97 Å². The van der Waals surface area contributed by atoms with Crippen LogP contribution in [-0.4, -0.2) is 47.7 Å². The van der Waals surface area contributed by atoms with Gasteiger partial charge in [0.15, 0.2) is 6.10 Å². The Balaban J connectivity index is 1.88. The molecular weight excluding hydrogens is 290 g/mol. The van der Waals surface area contributed by atoms with Gasteiger partial charge in [-0.25, -0.2) is 4.79 Å². The van der Waals surface area contributed by atoms with Gasteiger partial charge in [0.2, 0.25) is 0 Å². The maximum absolute atomic E-state index is 12.6. The second-order valence-corrected chi connectivity index (χ2v) is 6.01. The predicted octanol–water partition coefficient (Wildman–Crippen LogP) is 2.14. The van der Waals surface area contributed by atoms with Gasteiger partial charge in [-0.15, -0.1) is 11.3 Å². The number of carboxylic acid groups (broad SMARTS) is 1. The molecule has 1 aromatic carbocycles. The van der Waals surface area contributed by atoms with Crippen LogP contribution < -0.4 is 0 Å². The molecule has 21 heavy (non-hydrogen) atoms. The number of fused-ring (bicyclic) bond motifs is 1. The summed E-state index contributed by atoms with van der Waals surface area (Å²) in [7, 11) is 0. The predicted molar refractivity (Wildman–Crippen MR) is 79.8 cm³/mol. The normalized spacial score (nSPS) is 18.9. The number of aliphatic carboxylic acids is 1. The SMILES string of the molecule is Cc1ccc2c(C(=O)N3CCOC(C(=O)O)C3)csc2c1. The summed E-state index contributed by atoms with van der Waals surface area (Å²) in [6, 6.07) is 5.98. The summed E-state index contributed by atoms with van der Waals surface area (Å²) in [4.78, 5) is 25.2. The van der Waals surface area contributed by atoms with E-state index in [4.69, 9.17) is 9.84 Å². The third-order valence-corrected chi connectivity index (χ3v) is 4.54. The minimum Gasteiger partial charge on any atom is -0.479 e. The smallest absolute Gasteiger partial charge is 0.334 e. The lowest BCUT2D eigenvalue weighted by molar-refractivity contribution is -0.154. The Bertz CT molecular complexity index is 709. The van der Waals surface area contributed by atoms with Gasteiger partial charge in [0.25, 0.3) is 5.91 Å². The number of nitrogens with zero attached hydrogens (tertiary/aromatic N) is 1. The third-order valence-electron chi connectivity index (χ3n) is 3.59. The van der Waals surface area contributed by atoms with Crippen LogP contribution in [0.4, 0.5) is 0 Å². The number of hydrogen-bond acceptors (Lipinski definition) is 4. The summed E-state index contributed by atoms with van der Waals surface area (Å²) in [6.45, 7) is 2.78. The highest BCUT2D eigenvalue weighted by Crippen LogP contribution is 2.28. The summed E-state index contributed by atoms with van der Waals surface area (Å²) in [6.07, 6.45) is -0.935. The molecule has 0 spiro atoms. The van der Waals surface area contributed by atoms with Crippen LogP contribution in [0.2, 0.25) is 0 Å². The highest BCUT2D eigenvalue weighted by Gasteiger charge is 2.30. The molecule has 1 aliphatic rings. The van der Waals surface area contributed by atoms with E-state index in [2.05, 4.69) is 6.07 Å². The number of amides is 1. The number of carbonyl (C=O) groups excluding carboxylic acids is 1. The Morgan fingerprint density at radius 2 is 2.24 bits per heavy atom. The van der Waals surface area contributed by atoms with E-state index in [-0.39, 0.29) is 19.1 Å². The van der Waals surface area contributed by atoms with Crippen LogP contribution in [0.3, 0.4) is 0 Å². The quantitative estimate of drug-likeness (QED) is 0.923. The zero-order valence-electron chi connectivity index (χ0n) is 11.5. The van der Waals surface area contributed by atoms with Crippen molar-refractivity contribution in [1.29, 1.82) is 0 Å². The number of aryl methyl sites for hydroxylation is 1. The average Bonchev–Trinajstić information content (AvgIpc) is 2.89. The fourth-order valence-electron chi connectivity index (χ4n) is 2.45. The molecule has 1 N–H and O–H groups in total. The van der Waals surface area contributed by atoms with Crippen molar-refractivity contribution in [1.82, 2.24) is 4.90 Å². The minimum absolute atomic E-state index is 0.0946. The van der Waals surface area contributed by atoms with Crippen molar-refractivity contribution in [3.05, 3.63) is 34.7 Å². The standard InChI is InChI=1S/C15H15NO4S/c1-9-2-3-10-11(8-21-13(10)6-9)14(17)16-4-5-20-12(7-16)15(18)19/h2-3,6,8,12H,4-5,7H2,1H3,(H,18,19). The van der Waals surface area contributed by atoms with Crippen LogP contribution in [0.15, 0.2) is 23.6 Å². The Hall–Kier alpha value is -1.92. The number of morpholine rings is 1. The molecule has 5 nitrogen and oxygen atoms in total. The molecule has 1 amide bonds. The molecule has 2 aromatic rings. The van der Waals surface area contributed by atoms with E-state index >= 15 is 0 Å². The number of benzene rings is 1. The lowest BCUT2D eigenvalue weighted by Gasteiger charge is -2.30. The monoisotopic (exact) mass is 305 g/mol. The van der Waals surface area contributed by atoms with Gasteiger partial charge in [-0.2, -0.15) is 0 Å². The molecule has 0 bridgehead atoms. The van der Waals surface area contributed by atoms with Gasteiger partial charge in [-0.3, -0.25) is 4.79 Å². The summed E-state index contributed by atoms with van der Waals surface area (Å²) in [5.74, 6) is -1.15. The minimum atomic E-state index is -1.03. The zero-order chi connectivity index (χ0) is 15.0. The van der Waals surface area contributed by atoms with Crippen LogP contribution in [0.5, 0.6) is 0 Å². The maximum atomic E-state index is 12.6. The largest absolute Gasteiger partial charge is 0.479 e. The maximum Gasteiger partial charge on any atom is 0.334 e. The second kappa shape index (κ2) is 5.46. The Kier molecular flexibility index (Phi) is 3.65. The summed E-state index contributed by atoms with van der Waals surface area (Å²) in [5, 5.41) is 11.8. The van der Waals surface area contributed by atoms with Gasteiger partial charge in [-0.05, 0) is 18.6 Å². The van der Waals surface area contributed by atoms with Crippen LogP contribution in [0.1, 0.15) is 15.9 Å². The number of carbonyl (C=O) groups is 2. The van der Waals surface area contributed by atoms with Crippen LogP contribution in [-0.2, 0) is 9.53 Å². The molecule has 2 heterocycles. The molecule has 110 valence electrons. The molecule has 6 heteroatoms. The third kappa shape index (κ3) is 2.64. The second-order valence-electron chi connectivity index (χ2n) is 5.10. The zero-order valence-corrected chi connectivity index (χ0v) is 12.4. The summed E-state index contributed by atoms with van der Waals surface area (Å²) < 4.78 is 6.22. The molecule has 1 atom stereocenters. The van der Waals surface area contributed by atoms with Gasteiger partial charge < -0.3 is 14.7 Å². The first kappa shape index (κ1) is 14.0. The van der Waals surface area contributed by atoms with Gasteiger partial charge in [0, 0.05) is 22.0 Å². The van der Waals surface area contributed by atoms with Gasteiger partial charge in [0.05, 0.1) is 18.7 Å². The van der Waals surface area contributed by atoms with Crippen LogP contribution >= 0.6 is 11.3 Å². The lowest BCUT2D eigenvalue weighted by Crippen LogP contribution is -2.48. The van der Waals surface area contributed by atoms with E-state index in [1.165, 1.54) is 11.3 Å². The van der Waals surface area contributed by atoms with Crippen molar-refractivity contribution >= 4 is 33.3 Å². The molecule has 0 radical (unpaired) electrons.